The van der Waals surface area contributed by atoms with Crippen LogP contribution in [0.3, 0.4) is 0 Å². The molecule has 0 radical (unpaired) electrons. The third-order valence-corrected chi connectivity index (χ3v) is 8.47. The van der Waals surface area contributed by atoms with Crippen LogP contribution in [0, 0.1) is 52.2 Å². The maximum atomic E-state index is 15.6. The van der Waals surface area contributed by atoms with Gasteiger partial charge < -0.3 is 4.74 Å². The fraction of sp³-hybridized carbons (Fsp3) is 0.406. The third-order valence-electron chi connectivity index (χ3n) is 8.47. The molecular formula is C32H29F8NO. The number of hydrogen-bond acceptors (Lipinski definition) is 2. The Kier molecular flexibility index (Phi) is 8.38. The van der Waals surface area contributed by atoms with Gasteiger partial charge in [0.15, 0.2) is 0 Å². The van der Waals surface area contributed by atoms with Crippen molar-refractivity contribution in [3.8, 4) is 11.8 Å². The Balaban J connectivity index is 1.69. The predicted octanol–water partition coefficient (Wildman–Crippen LogP) is 9.70. The summed E-state index contributed by atoms with van der Waals surface area (Å²) in [4.78, 5) is 0. The maximum absolute atomic E-state index is 15.6. The van der Waals surface area contributed by atoms with Gasteiger partial charge in [0.25, 0.3) is 0 Å². The van der Waals surface area contributed by atoms with E-state index in [0.29, 0.717) is 17.7 Å². The van der Waals surface area contributed by atoms with Gasteiger partial charge >= 0.3 is 6.11 Å². The first-order valence-corrected chi connectivity index (χ1v) is 13.5. The highest BCUT2D eigenvalue weighted by atomic mass is 19.3. The van der Waals surface area contributed by atoms with Crippen LogP contribution >= 0.6 is 0 Å². The van der Waals surface area contributed by atoms with Crippen LogP contribution in [0.5, 0.6) is 5.75 Å². The molecule has 1 fully saturated rings. The number of rotatable bonds is 7. The summed E-state index contributed by atoms with van der Waals surface area (Å²) in [5.41, 5.74) is -5.57. The van der Waals surface area contributed by atoms with Crippen LogP contribution in [0.2, 0.25) is 0 Å². The first kappa shape index (κ1) is 31.3. The molecule has 0 aromatic heterocycles. The Hall–Kier alpha value is -3.61. The summed E-state index contributed by atoms with van der Waals surface area (Å²) >= 11 is 0. The SMILES string of the molecule is CC(C)(c1cc(F)c(C(F)(F)Oc2cc(F)c(C#N)c(F)c2)c(F)c1)c1c(F)cc(C(C)(C)C2CCCCC2)cc1F. The largest absolute Gasteiger partial charge is 0.432 e. The van der Waals surface area contributed by atoms with E-state index in [0.717, 1.165) is 32.1 Å². The van der Waals surface area contributed by atoms with E-state index in [1.54, 1.807) is 0 Å². The number of halogens is 8. The van der Waals surface area contributed by atoms with Crippen molar-refractivity contribution >= 4 is 0 Å². The van der Waals surface area contributed by atoms with E-state index in [9.17, 15) is 17.6 Å². The average molecular weight is 596 g/mol. The molecule has 0 heterocycles. The Morgan fingerprint density at radius 3 is 1.60 bits per heavy atom. The molecule has 1 aliphatic rings. The fourth-order valence-electron chi connectivity index (χ4n) is 5.87. The summed E-state index contributed by atoms with van der Waals surface area (Å²) in [5, 5.41) is 8.72. The van der Waals surface area contributed by atoms with Gasteiger partial charge in [-0.05, 0) is 59.6 Å². The number of nitriles is 1. The first-order chi connectivity index (χ1) is 19.5. The van der Waals surface area contributed by atoms with Crippen molar-refractivity contribution in [3.63, 3.8) is 0 Å². The molecule has 0 atom stereocenters. The van der Waals surface area contributed by atoms with Gasteiger partial charge in [-0.15, -0.1) is 0 Å². The Morgan fingerprint density at radius 1 is 0.667 bits per heavy atom. The van der Waals surface area contributed by atoms with Gasteiger partial charge in [0.05, 0.1) is 0 Å². The number of hydrogen-bond donors (Lipinski definition) is 0. The minimum absolute atomic E-state index is 0.223. The number of ether oxygens (including phenoxy) is 1. The summed E-state index contributed by atoms with van der Waals surface area (Å²) < 4.78 is 123. The number of nitrogens with zero attached hydrogens (tertiary/aromatic N) is 1. The summed E-state index contributed by atoms with van der Waals surface area (Å²) in [6, 6.07) is 5.20. The molecule has 3 aromatic rings. The molecule has 0 bridgehead atoms. The zero-order valence-corrected chi connectivity index (χ0v) is 23.5. The summed E-state index contributed by atoms with van der Waals surface area (Å²) in [7, 11) is 0. The Morgan fingerprint density at radius 2 is 1.12 bits per heavy atom. The highest BCUT2D eigenvalue weighted by molar-refractivity contribution is 5.44. The summed E-state index contributed by atoms with van der Waals surface area (Å²) in [6.45, 7) is 6.44. The number of alkyl halides is 2. The lowest BCUT2D eigenvalue weighted by Gasteiger charge is -2.38. The lowest BCUT2D eigenvalue weighted by molar-refractivity contribution is -0.189. The standard InChI is InChI=1S/C32H29F8NO/c1-30(2,17-8-6-5-7-9-17)18-10-24(35)28(25(36)11-18)31(3,4)19-12-26(37)29(27(38)13-19)32(39,40)42-20-14-22(33)21(16-41)23(34)15-20/h10-15,17H,5-9H2,1-4H3. The topological polar surface area (TPSA) is 33.0 Å². The van der Waals surface area contributed by atoms with Crippen LogP contribution in [0.25, 0.3) is 0 Å². The monoisotopic (exact) mass is 595 g/mol. The van der Waals surface area contributed by atoms with E-state index in [2.05, 4.69) is 4.74 Å². The molecule has 2 nitrogen and oxygen atoms in total. The molecule has 10 heteroatoms. The van der Waals surface area contributed by atoms with Crippen molar-refractivity contribution < 1.29 is 39.9 Å². The van der Waals surface area contributed by atoms with Crippen molar-refractivity contribution in [2.75, 3.05) is 0 Å². The molecule has 0 unspecified atom stereocenters. The molecule has 1 saturated carbocycles. The number of benzene rings is 3. The van der Waals surface area contributed by atoms with Crippen LogP contribution in [0.15, 0.2) is 36.4 Å². The van der Waals surface area contributed by atoms with Crippen molar-refractivity contribution in [2.24, 2.45) is 5.92 Å². The molecule has 0 N–H and O–H groups in total. The second-order valence-corrected chi connectivity index (χ2v) is 11.8. The third kappa shape index (κ3) is 5.70. The van der Waals surface area contributed by atoms with E-state index in [4.69, 9.17) is 5.26 Å². The molecular weight excluding hydrogens is 566 g/mol. The second kappa shape index (κ2) is 11.2. The lowest BCUT2D eigenvalue weighted by atomic mass is 9.67. The minimum atomic E-state index is -4.76. The van der Waals surface area contributed by atoms with Gasteiger partial charge in [-0.25, -0.2) is 26.3 Å². The maximum Gasteiger partial charge on any atom is 0.432 e. The minimum Gasteiger partial charge on any atom is -0.429 e. The molecule has 224 valence electrons. The van der Waals surface area contributed by atoms with E-state index in [1.165, 1.54) is 32.0 Å². The molecule has 0 saturated heterocycles. The van der Waals surface area contributed by atoms with Crippen molar-refractivity contribution in [3.05, 3.63) is 99.1 Å². The predicted molar refractivity (Wildman–Crippen MR) is 140 cm³/mol. The van der Waals surface area contributed by atoms with Crippen molar-refractivity contribution in [1.82, 2.24) is 0 Å². The molecule has 0 amide bonds. The molecule has 3 aromatic carbocycles. The highest BCUT2D eigenvalue weighted by Gasteiger charge is 2.43. The van der Waals surface area contributed by atoms with E-state index in [-0.39, 0.29) is 23.6 Å². The van der Waals surface area contributed by atoms with Crippen LogP contribution < -0.4 is 4.74 Å². The van der Waals surface area contributed by atoms with Crippen LogP contribution in [0.4, 0.5) is 35.1 Å². The van der Waals surface area contributed by atoms with Gasteiger partial charge in [0.2, 0.25) is 0 Å². The zero-order valence-electron chi connectivity index (χ0n) is 23.5. The smallest absolute Gasteiger partial charge is 0.429 e. The normalized spacial score (nSPS) is 15.0. The molecule has 4 rings (SSSR count). The molecule has 0 aliphatic heterocycles. The lowest BCUT2D eigenvalue weighted by Crippen LogP contribution is -2.32. The molecule has 0 spiro atoms. The van der Waals surface area contributed by atoms with E-state index < -0.39 is 74.3 Å². The first-order valence-electron chi connectivity index (χ1n) is 13.5. The quantitative estimate of drug-likeness (QED) is 0.255. The van der Waals surface area contributed by atoms with Gasteiger partial charge in [0.1, 0.15) is 57.8 Å². The van der Waals surface area contributed by atoms with Gasteiger partial charge in [-0.2, -0.15) is 14.0 Å². The van der Waals surface area contributed by atoms with Gasteiger partial charge in [0, 0.05) is 23.1 Å². The zero-order chi connectivity index (χ0) is 31.2. The summed E-state index contributed by atoms with van der Waals surface area (Å²) in [6.07, 6.45) is 0.270. The molecule has 42 heavy (non-hydrogen) atoms. The van der Waals surface area contributed by atoms with Crippen LogP contribution in [-0.4, -0.2) is 0 Å². The van der Waals surface area contributed by atoms with E-state index in [1.807, 2.05) is 13.8 Å². The second-order valence-electron chi connectivity index (χ2n) is 11.8. The van der Waals surface area contributed by atoms with Crippen LogP contribution in [0.1, 0.15) is 87.6 Å². The summed E-state index contributed by atoms with van der Waals surface area (Å²) in [5.74, 6) is -9.44. The highest BCUT2D eigenvalue weighted by Crippen LogP contribution is 2.44. The fourth-order valence-corrected chi connectivity index (χ4v) is 5.87. The van der Waals surface area contributed by atoms with E-state index >= 15 is 17.6 Å². The van der Waals surface area contributed by atoms with Crippen molar-refractivity contribution in [1.29, 1.82) is 5.26 Å². The van der Waals surface area contributed by atoms with Crippen LogP contribution in [-0.2, 0) is 16.9 Å². The van der Waals surface area contributed by atoms with Gasteiger partial charge in [-0.3, -0.25) is 0 Å². The Labute approximate surface area is 238 Å². The van der Waals surface area contributed by atoms with Gasteiger partial charge in [-0.1, -0.05) is 47.0 Å². The van der Waals surface area contributed by atoms with Crippen molar-refractivity contribution in [2.45, 2.75) is 76.7 Å². The average Bonchev–Trinajstić information content (AvgIpc) is 2.87. The Bertz CT molecular complexity index is 1480. The molecule has 1 aliphatic carbocycles.